The minimum Gasteiger partial charge on any atom is -1.00 e. The summed E-state index contributed by atoms with van der Waals surface area (Å²) in [5, 5.41) is 3.02. The van der Waals surface area contributed by atoms with Crippen LogP contribution < -0.4 is 40.8 Å². The Morgan fingerprint density at radius 3 is 2.38 bits per heavy atom. The van der Waals surface area contributed by atoms with Crippen LogP contribution in [-0.4, -0.2) is 52.1 Å². The summed E-state index contributed by atoms with van der Waals surface area (Å²) >= 11 is 6.10. The number of fused-ring (bicyclic) bond motifs is 5. The van der Waals surface area contributed by atoms with Crippen LogP contribution in [-0.2, 0) is 19.5 Å². The third-order valence-electron chi connectivity index (χ3n) is 8.16. The smallest absolute Gasteiger partial charge is 0.231 e. The maximum absolute atomic E-state index is 6.10. The van der Waals surface area contributed by atoms with Crippen molar-refractivity contribution in [3.05, 3.63) is 70.9 Å². The van der Waals surface area contributed by atoms with Crippen molar-refractivity contribution in [3.8, 4) is 34.3 Å². The molecule has 0 spiro atoms. The minimum absolute atomic E-state index is 0. The highest BCUT2D eigenvalue weighted by molar-refractivity contribution is 6.30. The van der Waals surface area contributed by atoms with Crippen LogP contribution in [0.4, 0.5) is 5.69 Å². The lowest BCUT2D eigenvalue weighted by Gasteiger charge is -2.36. The van der Waals surface area contributed by atoms with Crippen molar-refractivity contribution >= 4 is 28.1 Å². The number of anilines is 1. The maximum atomic E-state index is 6.10. The fourth-order valence-electron chi connectivity index (χ4n) is 6.11. The number of aryl methyl sites for hydroxylation is 2. The first kappa shape index (κ1) is 26.8. The average molecular weight is 581 g/mol. The normalized spacial score (nSPS) is 15.8. The van der Waals surface area contributed by atoms with Crippen LogP contribution in [0.2, 0.25) is 5.02 Å². The molecule has 4 aromatic rings. The second-order valence-electron chi connectivity index (χ2n) is 10.3. The molecule has 3 aromatic carbocycles. The van der Waals surface area contributed by atoms with E-state index in [0.29, 0.717) is 0 Å². The molecule has 3 aliphatic heterocycles. The highest BCUT2D eigenvalue weighted by Gasteiger charge is 2.30. The molecule has 4 heterocycles. The van der Waals surface area contributed by atoms with E-state index >= 15 is 0 Å². The summed E-state index contributed by atoms with van der Waals surface area (Å²) in [5.74, 6) is 3.19. The van der Waals surface area contributed by atoms with Gasteiger partial charge in [0.25, 0.3) is 0 Å². The first-order chi connectivity index (χ1) is 19.1. The van der Waals surface area contributed by atoms with Crippen molar-refractivity contribution in [1.29, 1.82) is 0 Å². The SMILES string of the molecule is COc1cc(CN2CCN(c3ccc(Cl)cc3)CC2)c2cc3[n+](cc2c1OC)CCc1cc2c(cc1-3)OCO2.[Cl-]. The average Bonchev–Trinajstić information content (AvgIpc) is 3.43. The third-order valence-corrected chi connectivity index (χ3v) is 8.42. The number of hydrogen-bond donors (Lipinski definition) is 0. The van der Waals surface area contributed by atoms with Crippen molar-refractivity contribution in [2.24, 2.45) is 0 Å². The molecule has 0 radical (unpaired) electrons. The maximum Gasteiger partial charge on any atom is 0.231 e. The summed E-state index contributed by atoms with van der Waals surface area (Å²) in [4.78, 5) is 4.94. The minimum atomic E-state index is 0. The number of halogens is 2. The van der Waals surface area contributed by atoms with E-state index in [1.54, 1.807) is 14.2 Å². The lowest BCUT2D eigenvalue weighted by Crippen LogP contribution is -3.00. The Kier molecular flexibility index (Phi) is 7.29. The lowest BCUT2D eigenvalue weighted by atomic mass is 9.93. The van der Waals surface area contributed by atoms with Crippen LogP contribution in [0.25, 0.3) is 22.0 Å². The predicted octanol–water partition coefficient (Wildman–Crippen LogP) is 2.08. The fourth-order valence-corrected chi connectivity index (χ4v) is 6.24. The Hall–Kier alpha value is -3.39. The molecular weight excluding hydrogens is 549 g/mol. The van der Waals surface area contributed by atoms with Gasteiger partial charge in [0.1, 0.15) is 0 Å². The van der Waals surface area contributed by atoms with E-state index in [4.69, 9.17) is 30.5 Å². The van der Waals surface area contributed by atoms with E-state index < -0.39 is 0 Å². The van der Waals surface area contributed by atoms with Gasteiger partial charge >= 0.3 is 0 Å². The number of nitrogens with zero attached hydrogens (tertiary/aromatic N) is 3. The van der Waals surface area contributed by atoms with Gasteiger partial charge in [0.2, 0.25) is 12.5 Å². The first-order valence-corrected chi connectivity index (χ1v) is 13.8. The molecule has 1 aromatic heterocycles. The molecule has 7 nitrogen and oxygen atoms in total. The summed E-state index contributed by atoms with van der Waals surface area (Å²) in [6.07, 6.45) is 3.16. The number of hydrogen-bond acceptors (Lipinski definition) is 6. The van der Waals surface area contributed by atoms with Gasteiger partial charge in [0.15, 0.2) is 35.7 Å². The standard InChI is InChI=1S/C31H31ClN3O4.ClH/c1-36-30-14-21(17-33-9-11-34(12-10-33)23-5-3-22(32)4-6-23)24-15-27-25-16-29-28(38-19-39-29)13-20(25)7-8-35(27)18-26(24)31(30)37-2;/h3-6,13-16,18H,7-12,17,19H2,1-2H3;1H/q+1;/p-1. The highest BCUT2D eigenvalue weighted by atomic mass is 35.5. The van der Waals surface area contributed by atoms with Crippen LogP contribution in [0.3, 0.4) is 0 Å². The third kappa shape index (κ3) is 4.66. The van der Waals surface area contributed by atoms with Gasteiger partial charge in [-0.2, -0.15) is 4.57 Å². The molecule has 0 unspecified atom stereocenters. The Bertz CT molecular complexity index is 1570. The second-order valence-corrected chi connectivity index (χ2v) is 10.7. The number of rotatable bonds is 5. The largest absolute Gasteiger partial charge is 1.00 e. The van der Waals surface area contributed by atoms with Gasteiger partial charge in [-0.1, -0.05) is 11.6 Å². The van der Waals surface area contributed by atoms with Crippen LogP contribution in [0, 0.1) is 0 Å². The zero-order valence-electron chi connectivity index (χ0n) is 22.6. The summed E-state index contributed by atoms with van der Waals surface area (Å²) in [5.41, 5.74) is 6.13. The molecule has 0 bridgehead atoms. The van der Waals surface area contributed by atoms with Crippen molar-refractivity contribution < 1.29 is 35.9 Å². The van der Waals surface area contributed by atoms with Gasteiger partial charge in [-0.05, 0) is 53.6 Å². The fraction of sp³-hybridized carbons (Fsp3) is 0.323. The van der Waals surface area contributed by atoms with Crippen LogP contribution >= 0.6 is 11.6 Å². The molecule has 0 amide bonds. The zero-order valence-corrected chi connectivity index (χ0v) is 24.1. The van der Waals surface area contributed by atoms with Gasteiger partial charge in [0, 0.05) is 61.3 Å². The quantitative estimate of drug-likeness (QED) is 0.337. The van der Waals surface area contributed by atoms with Crippen LogP contribution in [0.1, 0.15) is 11.1 Å². The van der Waals surface area contributed by atoms with Crippen molar-refractivity contribution in [1.82, 2.24) is 4.90 Å². The number of piperazine rings is 1. The lowest BCUT2D eigenvalue weighted by molar-refractivity contribution is -0.686. The summed E-state index contributed by atoms with van der Waals surface area (Å²) in [6, 6.07) is 16.9. The molecule has 3 aliphatic rings. The molecule has 0 N–H and O–H groups in total. The number of methoxy groups -OCH3 is 2. The predicted molar refractivity (Wildman–Crippen MR) is 151 cm³/mol. The topological polar surface area (TPSA) is 47.3 Å². The summed E-state index contributed by atoms with van der Waals surface area (Å²) in [7, 11) is 3.43. The zero-order chi connectivity index (χ0) is 26.5. The monoisotopic (exact) mass is 579 g/mol. The Balaban J connectivity index is 0.00000289. The number of pyridine rings is 1. The number of benzene rings is 3. The second kappa shape index (κ2) is 10.9. The van der Waals surface area contributed by atoms with Crippen molar-refractivity contribution in [2.45, 2.75) is 19.5 Å². The van der Waals surface area contributed by atoms with Gasteiger partial charge in [-0.3, -0.25) is 4.90 Å². The molecule has 0 atom stereocenters. The van der Waals surface area contributed by atoms with E-state index in [1.807, 2.05) is 12.1 Å². The van der Waals surface area contributed by atoms with Crippen LogP contribution in [0.5, 0.6) is 23.0 Å². The molecule has 9 heteroatoms. The molecule has 208 valence electrons. The van der Waals surface area contributed by atoms with Crippen molar-refractivity contribution in [2.75, 3.05) is 52.1 Å². The molecule has 0 saturated carbocycles. The molecule has 1 fully saturated rings. The van der Waals surface area contributed by atoms with Gasteiger partial charge in [-0.15, -0.1) is 0 Å². The Morgan fingerprint density at radius 1 is 0.900 bits per heavy atom. The summed E-state index contributed by atoms with van der Waals surface area (Å²) in [6.45, 7) is 5.90. The van der Waals surface area contributed by atoms with Gasteiger partial charge < -0.3 is 36.3 Å². The van der Waals surface area contributed by atoms with E-state index in [9.17, 15) is 0 Å². The molecular formula is C31H31Cl2N3O4. The molecule has 0 aliphatic carbocycles. The summed E-state index contributed by atoms with van der Waals surface area (Å²) < 4.78 is 25.4. The molecule has 1 saturated heterocycles. The van der Waals surface area contributed by atoms with Gasteiger partial charge in [-0.25, -0.2) is 0 Å². The van der Waals surface area contributed by atoms with E-state index in [0.717, 1.165) is 79.1 Å². The van der Waals surface area contributed by atoms with E-state index in [-0.39, 0.29) is 19.2 Å². The van der Waals surface area contributed by atoms with E-state index in [1.165, 1.54) is 33.5 Å². The number of aromatic nitrogens is 1. The van der Waals surface area contributed by atoms with Crippen molar-refractivity contribution in [3.63, 3.8) is 0 Å². The highest BCUT2D eigenvalue weighted by Crippen LogP contribution is 2.43. The van der Waals surface area contributed by atoms with E-state index in [2.05, 4.69) is 57.0 Å². The molecule has 7 rings (SSSR count). The van der Waals surface area contributed by atoms with Gasteiger partial charge in [0.05, 0.1) is 25.2 Å². The Morgan fingerprint density at radius 2 is 1.65 bits per heavy atom. The molecule has 40 heavy (non-hydrogen) atoms. The Labute approximate surface area is 245 Å². The first-order valence-electron chi connectivity index (χ1n) is 13.4. The van der Waals surface area contributed by atoms with Crippen LogP contribution in [0.15, 0.2) is 54.7 Å². The number of ether oxygens (including phenoxy) is 4.